The van der Waals surface area contributed by atoms with Gasteiger partial charge in [-0.2, -0.15) is 0 Å². The molecule has 0 saturated heterocycles. The van der Waals surface area contributed by atoms with E-state index in [4.69, 9.17) is 13.4 Å². The number of rotatable bonds is 12. The van der Waals surface area contributed by atoms with Crippen molar-refractivity contribution < 1.29 is 13.4 Å². The summed E-state index contributed by atoms with van der Waals surface area (Å²) in [5, 5.41) is 16.0. The van der Waals surface area contributed by atoms with Crippen molar-refractivity contribution in [1.29, 1.82) is 0 Å². The lowest BCUT2D eigenvalue weighted by molar-refractivity contribution is -0.0207. The van der Waals surface area contributed by atoms with Gasteiger partial charge in [0.25, 0.3) is 0 Å². The minimum absolute atomic E-state index is 0.440. The van der Waals surface area contributed by atoms with Crippen molar-refractivity contribution in [3.05, 3.63) is 137 Å². The first-order valence-corrected chi connectivity index (χ1v) is 28.6. The van der Waals surface area contributed by atoms with Crippen molar-refractivity contribution in [1.82, 2.24) is 21.1 Å². The van der Waals surface area contributed by atoms with Gasteiger partial charge < -0.3 is 29.3 Å². The zero-order valence-corrected chi connectivity index (χ0v) is 43.5. The third-order valence-corrected chi connectivity index (χ3v) is 20.1. The summed E-state index contributed by atoms with van der Waals surface area (Å²) in [5.41, 5.74) is 11.1. The monoisotopic (exact) mass is 965 g/mol. The molecule has 3 N–H and O–H groups in total. The molecule has 0 atom stereocenters. The summed E-state index contributed by atoms with van der Waals surface area (Å²) in [7, 11) is 0. The minimum Gasteiger partial charge on any atom is -0.464 e. The number of nitrogens with zero attached hydrogens (tertiary/aromatic N) is 1. The number of hydrogen-bond donors (Lipinski definition) is 3. The van der Waals surface area contributed by atoms with Gasteiger partial charge in [-0.25, -0.2) is 0 Å². The number of aryl methyl sites for hydroxylation is 3. The van der Waals surface area contributed by atoms with Gasteiger partial charge in [0.2, 0.25) is 0 Å². The normalized spacial score (nSPS) is 34.0. The lowest BCUT2D eigenvalue weighted by Gasteiger charge is -2.57. The second-order valence-corrected chi connectivity index (χ2v) is 25.8. The Morgan fingerprint density at radius 3 is 1.10 bits per heavy atom. The molecule has 0 aliphatic heterocycles. The molecule has 72 heavy (non-hydrogen) atoms. The standard InChI is InChI=1S/C22H28N2O.C22H27NO.C21H25NO/c1-14-21(15(2)25-24-14)20-5-3-16(4-6-20)13-23-22-10-17-7-18(11-22)9-19(8-17)12-22;1-15-2-7-21(24-15)20-5-3-16(4-6-20)14-23-22-11-17-8-18(12-22)10-19(9-17)13-22;1-2-20(23-7-1)19-5-3-15(4-6-19)14-22-21-11-16-8-17(12-21)10-18(9-16)13-21/h3-6,17-19,23H,7-13H2,1-2H3;2-7,17-19,23H,8-14H2,1H3;1-7,16-18,22H,8-14H2. The maximum Gasteiger partial charge on any atom is 0.141 e. The average Bonchev–Trinajstić information content (AvgIpc) is 4.14. The number of aromatic nitrogens is 1. The molecular formula is C65H80N4O3. The number of benzene rings is 3. The minimum atomic E-state index is 0.440. The fraction of sp³-hybridized carbons (Fsp3) is 0.554. The molecule has 12 fully saturated rings. The third-order valence-electron chi connectivity index (χ3n) is 20.1. The summed E-state index contributed by atoms with van der Waals surface area (Å²) < 4.78 is 16.5. The fourth-order valence-corrected chi connectivity index (χ4v) is 18.1. The molecular weight excluding hydrogens is 885 g/mol. The Morgan fingerprint density at radius 2 is 0.792 bits per heavy atom. The molecule has 7 nitrogen and oxygen atoms in total. The second-order valence-electron chi connectivity index (χ2n) is 25.8. The topological polar surface area (TPSA) is 88.4 Å². The van der Waals surface area contributed by atoms with E-state index in [1.807, 2.05) is 39.0 Å². The molecule has 0 amide bonds. The fourth-order valence-electron chi connectivity index (χ4n) is 18.1. The molecule has 6 aromatic rings. The Morgan fingerprint density at radius 1 is 0.431 bits per heavy atom. The van der Waals surface area contributed by atoms with Gasteiger partial charge in [-0.15, -0.1) is 0 Å². The molecule has 0 unspecified atom stereocenters. The van der Waals surface area contributed by atoms with Crippen LogP contribution in [0.1, 0.15) is 149 Å². The smallest absolute Gasteiger partial charge is 0.141 e. The lowest BCUT2D eigenvalue weighted by atomic mass is 9.53. The highest BCUT2D eigenvalue weighted by Crippen LogP contribution is 2.58. The Bertz CT molecular complexity index is 2650. The van der Waals surface area contributed by atoms with Gasteiger partial charge in [0, 0.05) is 52.9 Å². The van der Waals surface area contributed by atoms with Crippen LogP contribution in [0, 0.1) is 74.0 Å². The molecule has 12 aliphatic carbocycles. The van der Waals surface area contributed by atoms with Crippen LogP contribution in [-0.4, -0.2) is 21.8 Å². The first kappa shape index (κ1) is 47.1. The van der Waals surface area contributed by atoms with E-state index in [9.17, 15) is 0 Å². The van der Waals surface area contributed by atoms with E-state index in [0.29, 0.717) is 16.6 Å². The first-order chi connectivity index (χ1) is 35.1. The predicted molar refractivity (Wildman–Crippen MR) is 288 cm³/mol. The summed E-state index contributed by atoms with van der Waals surface area (Å²) in [4.78, 5) is 0. The van der Waals surface area contributed by atoms with Crippen LogP contribution >= 0.6 is 0 Å². The maximum absolute atomic E-state index is 5.72. The predicted octanol–water partition coefficient (Wildman–Crippen LogP) is 15.3. The molecule has 12 saturated carbocycles. The van der Waals surface area contributed by atoms with Crippen molar-refractivity contribution >= 4 is 0 Å². The van der Waals surface area contributed by atoms with Crippen LogP contribution < -0.4 is 16.0 Å². The SMILES string of the molecule is Cc1ccc(-c2ccc(CNC34CC5CC(CC(C5)C3)C4)cc2)o1.Cc1noc(C)c1-c1ccc(CNC23CC4CC(CC(C4)C2)C3)cc1.c1coc(-c2ccc(CNC34CC5CC(CC(C5)C3)C4)cc2)c1. The molecule has 12 aliphatic rings. The van der Waals surface area contributed by atoms with Gasteiger partial charge in [-0.1, -0.05) is 78.0 Å². The highest BCUT2D eigenvalue weighted by Gasteiger charge is 2.53. The largest absolute Gasteiger partial charge is 0.464 e. The zero-order chi connectivity index (χ0) is 48.4. The third kappa shape index (κ3) is 9.88. The highest BCUT2D eigenvalue weighted by atomic mass is 16.5. The lowest BCUT2D eigenvalue weighted by Crippen LogP contribution is -2.58. The Balaban J connectivity index is 0.000000105. The Hall–Kier alpha value is -4.69. The van der Waals surface area contributed by atoms with E-state index in [0.717, 1.165) is 113 Å². The van der Waals surface area contributed by atoms with Crippen LogP contribution in [0.4, 0.5) is 0 Å². The van der Waals surface area contributed by atoms with Gasteiger partial charge in [0.1, 0.15) is 23.0 Å². The Labute approximate surface area is 429 Å². The van der Waals surface area contributed by atoms with E-state index < -0.39 is 0 Å². The average molecular weight is 965 g/mol. The van der Waals surface area contributed by atoms with Crippen LogP contribution in [0.15, 0.2) is 117 Å². The van der Waals surface area contributed by atoms with Crippen molar-refractivity contribution in [3.63, 3.8) is 0 Å². The molecule has 3 heterocycles. The second kappa shape index (κ2) is 19.2. The van der Waals surface area contributed by atoms with Gasteiger partial charge in [-0.05, 0) is 236 Å². The molecule has 0 radical (unpaired) electrons. The van der Waals surface area contributed by atoms with Gasteiger partial charge in [0.05, 0.1) is 12.0 Å². The van der Waals surface area contributed by atoms with E-state index in [2.05, 4.69) is 100.0 Å². The maximum atomic E-state index is 5.72. The van der Waals surface area contributed by atoms with Gasteiger partial charge in [0.15, 0.2) is 0 Å². The summed E-state index contributed by atoms with van der Waals surface area (Å²) in [5.74, 6) is 12.8. The molecule has 12 bridgehead atoms. The van der Waals surface area contributed by atoms with E-state index in [1.165, 1.54) is 143 Å². The van der Waals surface area contributed by atoms with Crippen molar-refractivity contribution in [2.45, 2.75) is 173 Å². The molecule has 378 valence electrons. The molecule has 0 spiro atoms. The molecule has 7 heteroatoms. The van der Waals surface area contributed by atoms with E-state index >= 15 is 0 Å². The van der Waals surface area contributed by atoms with Gasteiger partial charge >= 0.3 is 0 Å². The number of nitrogens with one attached hydrogen (secondary N) is 3. The van der Waals surface area contributed by atoms with Crippen molar-refractivity contribution in [3.8, 4) is 33.8 Å². The molecule has 3 aromatic heterocycles. The van der Waals surface area contributed by atoms with E-state index in [-0.39, 0.29) is 0 Å². The Kier molecular flexibility index (Phi) is 12.6. The van der Waals surface area contributed by atoms with Crippen molar-refractivity contribution in [2.75, 3.05) is 0 Å². The first-order valence-electron chi connectivity index (χ1n) is 28.6. The molecule has 18 rings (SSSR count). The van der Waals surface area contributed by atoms with Crippen LogP contribution in [0.3, 0.4) is 0 Å². The molecule has 3 aromatic carbocycles. The zero-order valence-electron chi connectivity index (χ0n) is 43.5. The quantitative estimate of drug-likeness (QED) is 0.113. The van der Waals surface area contributed by atoms with Gasteiger partial charge in [-0.3, -0.25) is 0 Å². The summed E-state index contributed by atoms with van der Waals surface area (Å²) in [6.45, 7) is 8.99. The van der Waals surface area contributed by atoms with E-state index in [1.54, 1.807) is 6.26 Å². The summed E-state index contributed by atoms with van der Waals surface area (Å²) in [6, 6.07) is 34.7. The number of hydrogen-bond acceptors (Lipinski definition) is 7. The number of furan rings is 2. The summed E-state index contributed by atoms with van der Waals surface area (Å²) >= 11 is 0. The highest BCUT2D eigenvalue weighted by molar-refractivity contribution is 5.67. The van der Waals surface area contributed by atoms with Crippen LogP contribution in [0.2, 0.25) is 0 Å². The van der Waals surface area contributed by atoms with Crippen molar-refractivity contribution in [2.24, 2.45) is 53.3 Å². The van der Waals surface area contributed by atoms with Crippen LogP contribution in [0.25, 0.3) is 33.8 Å². The van der Waals surface area contributed by atoms with Crippen LogP contribution in [-0.2, 0) is 19.6 Å². The summed E-state index contributed by atoms with van der Waals surface area (Å²) in [6.07, 6.45) is 28.1. The van der Waals surface area contributed by atoms with Crippen LogP contribution in [0.5, 0.6) is 0 Å².